The third-order valence-electron chi connectivity index (χ3n) is 8.69. The van der Waals surface area contributed by atoms with Crippen LogP contribution in [0.15, 0.2) is 35.5 Å². The van der Waals surface area contributed by atoms with Crippen molar-refractivity contribution in [1.29, 1.82) is 0 Å². The zero-order valence-corrected chi connectivity index (χ0v) is 26.1. The first-order chi connectivity index (χ1) is 20.8. The molecule has 1 aromatic carbocycles. The van der Waals surface area contributed by atoms with E-state index in [-0.39, 0.29) is 12.5 Å². The van der Waals surface area contributed by atoms with E-state index in [0.717, 1.165) is 52.6 Å². The van der Waals surface area contributed by atoms with Crippen molar-refractivity contribution in [3.8, 4) is 0 Å². The molecule has 0 bridgehead atoms. The minimum absolute atomic E-state index is 0.0851. The number of likely N-dealkylation sites (tertiary alicyclic amines) is 1. The van der Waals surface area contributed by atoms with Gasteiger partial charge in [-0.2, -0.15) is 0 Å². The smallest absolute Gasteiger partial charge is 0.412 e. The van der Waals surface area contributed by atoms with Crippen LogP contribution in [0.1, 0.15) is 59.6 Å². The van der Waals surface area contributed by atoms with Gasteiger partial charge in [0, 0.05) is 42.4 Å². The predicted molar refractivity (Wildman–Crippen MR) is 164 cm³/mol. The number of ether oxygens (including phenoxy) is 2. The molecule has 0 saturated carbocycles. The lowest BCUT2D eigenvalue weighted by Gasteiger charge is -2.42. The number of hydrogen-bond acceptors (Lipinski definition) is 9. The standard InChI is InChI=1S/C31H39N7O4S/c1-5-42-30(40)34-26-11-22(31(17-41-18-31)13-28-35-32-19-36(28)3)12-27(33-26)38-16-24-23(29(38)39)9-21(10-25(24)43-4)15-37-8-6-7-20(2)14-37/h9-12,19-20H,5-8,13-18H2,1-4H3,(H,33,34,40)/t20-/m0/s1. The Balaban J connectivity index is 1.34. The van der Waals surface area contributed by atoms with Crippen molar-refractivity contribution in [1.82, 2.24) is 24.6 Å². The summed E-state index contributed by atoms with van der Waals surface area (Å²) in [4.78, 5) is 36.5. The highest BCUT2D eigenvalue weighted by Crippen LogP contribution is 2.40. The van der Waals surface area contributed by atoms with Crippen LogP contribution >= 0.6 is 11.8 Å². The van der Waals surface area contributed by atoms with Crippen molar-refractivity contribution in [3.63, 3.8) is 0 Å². The van der Waals surface area contributed by atoms with Gasteiger partial charge in [0.2, 0.25) is 0 Å². The van der Waals surface area contributed by atoms with Gasteiger partial charge in [0.25, 0.3) is 5.91 Å². The van der Waals surface area contributed by atoms with E-state index in [9.17, 15) is 9.59 Å². The number of fused-ring (bicyclic) bond motifs is 1. The summed E-state index contributed by atoms with van der Waals surface area (Å²) in [6.45, 7) is 8.66. The molecule has 1 N–H and O–H groups in total. The van der Waals surface area contributed by atoms with Crippen LogP contribution < -0.4 is 10.2 Å². The fourth-order valence-electron chi connectivity index (χ4n) is 6.36. The van der Waals surface area contributed by atoms with Crippen LogP contribution in [-0.4, -0.2) is 75.8 Å². The lowest BCUT2D eigenvalue weighted by atomic mass is 9.75. The second-order valence-corrected chi connectivity index (χ2v) is 12.8. The monoisotopic (exact) mass is 605 g/mol. The highest BCUT2D eigenvalue weighted by atomic mass is 32.2. The average molecular weight is 606 g/mol. The number of rotatable bonds is 9. The summed E-state index contributed by atoms with van der Waals surface area (Å²) in [6, 6.07) is 8.10. The number of aryl methyl sites for hydroxylation is 1. The highest BCUT2D eigenvalue weighted by molar-refractivity contribution is 7.98. The Bertz CT molecular complexity index is 1520. The largest absolute Gasteiger partial charge is 0.450 e. The zero-order chi connectivity index (χ0) is 30.1. The van der Waals surface area contributed by atoms with E-state index in [1.54, 1.807) is 29.9 Å². The number of nitrogens with one attached hydrogen (secondary N) is 1. The molecule has 0 spiro atoms. The molecule has 6 rings (SSSR count). The fourth-order valence-corrected chi connectivity index (χ4v) is 7.05. The first-order valence-electron chi connectivity index (χ1n) is 14.9. The van der Waals surface area contributed by atoms with E-state index in [0.29, 0.717) is 43.7 Å². The van der Waals surface area contributed by atoms with Crippen LogP contribution in [0.3, 0.4) is 0 Å². The summed E-state index contributed by atoms with van der Waals surface area (Å²) in [5.74, 6) is 2.23. The second kappa shape index (κ2) is 12.3. The summed E-state index contributed by atoms with van der Waals surface area (Å²) in [5, 5.41) is 11.1. The van der Waals surface area contributed by atoms with Gasteiger partial charge in [0.15, 0.2) is 0 Å². The number of hydrogen-bond donors (Lipinski definition) is 1. The molecule has 5 heterocycles. The van der Waals surface area contributed by atoms with E-state index >= 15 is 0 Å². The Morgan fingerprint density at radius 3 is 2.77 bits per heavy atom. The van der Waals surface area contributed by atoms with Gasteiger partial charge in [-0.1, -0.05) is 6.92 Å². The molecular formula is C31H39N7O4S. The highest BCUT2D eigenvalue weighted by Gasteiger charge is 2.43. The first-order valence-corrected chi connectivity index (χ1v) is 16.1. The van der Waals surface area contributed by atoms with E-state index < -0.39 is 11.5 Å². The normalized spacial score (nSPS) is 19.7. The number of carbonyl (C=O) groups is 2. The van der Waals surface area contributed by atoms with Crippen LogP contribution in [0.25, 0.3) is 0 Å². The minimum atomic E-state index is -0.595. The van der Waals surface area contributed by atoms with E-state index in [4.69, 9.17) is 14.5 Å². The molecule has 11 nitrogen and oxygen atoms in total. The van der Waals surface area contributed by atoms with Crippen molar-refractivity contribution in [3.05, 3.63) is 58.7 Å². The number of anilines is 2. The molecule has 3 aliphatic heterocycles. The van der Waals surface area contributed by atoms with Crippen molar-refractivity contribution >= 4 is 35.4 Å². The quantitative estimate of drug-likeness (QED) is 0.355. The molecule has 43 heavy (non-hydrogen) atoms. The summed E-state index contributed by atoms with van der Waals surface area (Å²) < 4.78 is 12.7. The van der Waals surface area contributed by atoms with Crippen LogP contribution in [0.5, 0.6) is 0 Å². The SMILES string of the molecule is CCOC(=O)Nc1cc(C2(Cc3nncn3C)COC2)cc(N2Cc3c(SC)cc(CN4CCC[C@H](C)C4)cc3C2=O)n1. The number of piperidine rings is 1. The molecule has 2 fully saturated rings. The summed E-state index contributed by atoms with van der Waals surface area (Å²) in [6.07, 6.45) is 6.22. The van der Waals surface area contributed by atoms with Crippen LogP contribution in [0.4, 0.5) is 16.4 Å². The number of benzene rings is 1. The second-order valence-electron chi connectivity index (χ2n) is 12.0. The van der Waals surface area contributed by atoms with Gasteiger partial charge in [-0.25, -0.2) is 9.78 Å². The number of amides is 2. The third-order valence-corrected chi connectivity index (χ3v) is 9.50. The summed E-state index contributed by atoms with van der Waals surface area (Å²) >= 11 is 1.67. The van der Waals surface area contributed by atoms with Crippen molar-refractivity contribution in [2.45, 2.75) is 56.5 Å². The number of pyridine rings is 1. The van der Waals surface area contributed by atoms with E-state index in [1.807, 2.05) is 23.7 Å². The Labute approximate surface area is 256 Å². The first kappa shape index (κ1) is 29.6. The van der Waals surface area contributed by atoms with Crippen molar-refractivity contribution in [2.24, 2.45) is 13.0 Å². The molecule has 3 aromatic rings. The molecule has 0 unspecified atom stereocenters. The fraction of sp³-hybridized carbons (Fsp3) is 0.516. The number of nitrogens with zero attached hydrogens (tertiary/aromatic N) is 6. The number of carbonyl (C=O) groups excluding carboxylic acids is 2. The van der Waals surface area contributed by atoms with Gasteiger partial charge >= 0.3 is 6.09 Å². The van der Waals surface area contributed by atoms with Gasteiger partial charge < -0.3 is 14.0 Å². The molecule has 228 valence electrons. The number of aromatic nitrogens is 4. The molecular weight excluding hydrogens is 566 g/mol. The maximum absolute atomic E-state index is 14.0. The summed E-state index contributed by atoms with van der Waals surface area (Å²) in [5.41, 5.74) is 3.41. The van der Waals surface area contributed by atoms with Gasteiger partial charge in [0.05, 0.1) is 26.4 Å². The maximum atomic E-state index is 14.0. The van der Waals surface area contributed by atoms with Crippen LogP contribution in [0.2, 0.25) is 0 Å². The molecule has 12 heteroatoms. The molecule has 0 radical (unpaired) electrons. The molecule has 2 saturated heterocycles. The third kappa shape index (κ3) is 6.00. The van der Waals surface area contributed by atoms with E-state index in [1.165, 1.54) is 12.8 Å². The molecule has 1 atom stereocenters. The lowest BCUT2D eigenvalue weighted by molar-refractivity contribution is -0.0611. The van der Waals surface area contributed by atoms with Crippen molar-refractivity contribution in [2.75, 3.05) is 49.4 Å². The van der Waals surface area contributed by atoms with Gasteiger partial charge in [0.1, 0.15) is 23.8 Å². The average Bonchev–Trinajstić information content (AvgIpc) is 3.52. The van der Waals surface area contributed by atoms with Crippen LogP contribution in [0, 0.1) is 5.92 Å². The zero-order valence-electron chi connectivity index (χ0n) is 25.3. The van der Waals surface area contributed by atoms with Crippen molar-refractivity contribution < 1.29 is 19.1 Å². The molecule has 3 aliphatic rings. The summed E-state index contributed by atoms with van der Waals surface area (Å²) in [7, 11) is 1.91. The predicted octanol–water partition coefficient (Wildman–Crippen LogP) is 4.40. The Kier molecular flexibility index (Phi) is 8.43. The molecule has 2 aromatic heterocycles. The molecule has 0 aliphatic carbocycles. The Hall–Kier alpha value is -3.48. The maximum Gasteiger partial charge on any atom is 0.412 e. The number of thioether (sulfide) groups is 1. The van der Waals surface area contributed by atoms with Gasteiger partial charge in [-0.15, -0.1) is 22.0 Å². The Morgan fingerprint density at radius 1 is 1.26 bits per heavy atom. The van der Waals surface area contributed by atoms with Gasteiger partial charge in [-0.3, -0.25) is 19.9 Å². The van der Waals surface area contributed by atoms with Gasteiger partial charge in [-0.05, 0) is 79.4 Å². The van der Waals surface area contributed by atoms with E-state index in [2.05, 4.69) is 45.7 Å². The van der Waals surface area contributed by atoms with Crippen LogP contribution in [-0.2, 0) is 41.4 Å². The lowest BCUT2D eigenvalue weighted by Crippen LogP contribution is -2.49. The minimum Gasteiger partial charge on any atom is -0.450 e. The Morgan fingerprint density at radius 2 is 2.09 bits per heavy atom. The topological polar surface area (TPSA) is 115 Å². The molecule has 2 amide bonds.